The lowest BCUT2D eigenvalue weighted by atomic mass is 10.1. The maximum absolute atomic E-state index is 11.2. The second-order valence-electron chi connectivity index (χ2n) is 2.85. The van der Waals surface area contributed by atoms with Crippen LogP contribution in [0.1, 0.15) is 22.8 Å². The Balaban J connectivity index is 3.13. The van der Waals surface area contributed by atoms with Crippen molar-refractivity contribution in [3.63, 3.8) is 0 Å². The van der Waals surface area contributed by atoms with E-state index in [0.29, 0.717) is 5.56 Å². The molecule has 0 aliphatic rings. The number of nitrogens with zero attached hydrogens (tertiary/aromatic N) is 1. The lowest BCUT2D eigenvalue weighted by molar-refractivity contribution is 0.0601. The summed E-state index contributed by atoms with van der Waals surface area (Å²) < 4.78 is 4.61. The number of hydrogen-bond acceptors (Lipinski definition) is 3. The van der Waals surface area contributed by atoms with Crippen molar-refractivity contribution < 1.29 is 9.53 Å². The number of esters is 1. The van der Waals surface area contributed by atoms with Gasteiger partial charge in [0.25, 0.3) is 0 Å². The average Bonchev–Trinajstić information content (AvgIpc) is 2.26. The van der Waals surface area contributed by atoms with E-state index in [-0.39, 0.29) is 5.97 Å². The Bertz CT molecular complexity index is 358. The third-order valence-electron chi connectivity index (χ3n) is 2.06. The standard InChI is InChI=1S/C11H13NO2/c1-4-8-5-6-9(11(13)14-3)7-10(8)12-2/h5-7H,2,4H2,1,3H3. The van der Waals surface area contributed by atoms with Gasteiger partial charge in [0.05, 0.1) is 18.4 Å². The molecule has 1 rings (SSSR count). The number of benzene rings is 1. The van der Waals surface area contributed by atoms with Crippen LogP contribution in [-0.2, 0) is 11.2 Å². The van der Waals surface area contributed by atoms with Crippen LogP contribution in [0.2, 0.25) is 0 Å². The minimum Gasteiger partial charge on any atom is -0.465 e. The molecule has 0 aromatic heterocycles. The van der Waals surface area contributed by atoms with Crippen LogP contribution in [0.5, 0.6) is 0 Å². The molecule has 0 fully saturated rings. The Labute approximate surface area is 83.4 Å². The molecule has 14 heavy (non-hydrogen) atoms. The van der Waals surface area contributed by atoms with E-state index in [9.17, 15) is 4.79 Å². The Morgan fingerprint density at radius 3 is 2.79 bits per heavy atom. The number of aryl methyl sites for hydroxylation is 1. The smallest absolute Gasteiger partial charge is 0.337 e. The lowest BCUT2D eigenvalue weighted by Crippen LogP contribution is -2.01. The second kappa shape index (κ2) is 4.56. The van der Waals surface area contributed by atoms with Gasteiger partial charge in [0, 0.05) is 0 Å². The molecule has 0 radical (unpaired) electrons. The van der Waals surface area contributed by atoms with E-state index in [4.69, 9.17) is 0 Å². The topological polar surface area (TPSA) is 38.7 Å². The maximum atomic E-state index is 11.2. The summed E-state index contributed by atoms with van der Waals surface area (Å²) in [5.41, 5.74) is 2.33. The van der Waals surface area contributed by atoms with Crippen LogP contribution in [-0.4, -0.2) is 19.8 Å². The van der Waals surface area contributed by atoms with E-state index in [2.05, 4.69) is 16.4 Å². The number of carbonyl (C=O) groups is 1. The molecule has 0 spiro atoms. The number of hydrogen-bond donors (Lipinski definition) is 0. The molecular weight excluding hydrogens is 178 g/mol. The van der Waals surface area contributed by atoms with E-state index >= 15 is 0 Å². The molecule has 1 aromatic rings. The monoisotopic (exact) mass is 191 g/mol. The predicted molar refractivity (Wildman–Crippen MR) is 56.4 cm³/mol. The van der Waals surface area contributed by atoms with Gasteiger partial charge in [0.2, 0.25) is 0 Å². The van der Waals surface area contributed by atoms with Crippen molar-refractivity contribution in [1.82, 2.24) is 0 Å². The van der Waals surface area contributed by atoms with Crippen LogP contribution in [0.4, 0.5) is 5.69 Å². The van der Waals surface area contributed by atoms with Crippen LogP contribution in [0.25, 0.3) is 0 Å². The molecule has 0 saturated carbocycles. The molecule has 0 heterocycles. The summed E-state index contributed by atoms with van der Waals surface area (Å²) in [4.78, 5) is 15.1. The molecule has 3 heteroatoms. The maximum Gasteiger partial charge on any atom is 0.337 e. The summed E-state index contributed by atoms with van der Waals surface area (Å²) in [6, 6.07) is 5.30. The average molecular weight is 191 g/mol. The van der Waals surface area contributed by atoms with E-state index in [1.54, 1.807) is 12.1 Å². The van der Waals surface area contributed by atoms with Crippen LogP contribution >= 0.6 is 0 Å². The molecule has 0 unspecified atom stereocenters. The number of ether oxygens (including phenoxy) is 1. The quantitative estimate of drug-likeness (QED) is 0.543. The fourth-order valence-corrected chi connectivity index (χ4v) is 1.25. The fourth-order valence-electron chi connectivity index (χ4n) is 1.25. The minimum atomic E-state index is -0.349. The number of carbonyl (C=O) groups excluding carboxylic acids is 1. The summed E-state index contributed by atoms with van der Waals surface area (Å²) >= 11 is 0. The fraction of sp³-hybridized carbons (Fsp3) is 0.273. The van der Waals surface area contributed by atoms with Gasteiger partial charge >= 0.3 is 5.97 Å². The zero-order valence-electron chi connectivity index (χ0n) is 8.41. The summed E-state index contributed by atoms with van der Waals surface area (Å²) in [5, 5.41) is 0. The van der Waals surface area contributed by atoms with Gasteiger partial charge in [0.1, 0.15) is 0 Å². The van der Waals surface area contributed by atoms with Crippen molar-refractivity contribution in [3.05, 3.63) is 29.3 Å². The Kier molecular flexibility index (Phi) is 3.40. The zero-order chi connectivity index (χ0) is 10.6. The molecule has 0 bridgehead atoms. The largest absolute Gasteiger partial charge is 0.465 e. The third kappa shape index (κ3) is 1.99. The van der Waals surface area contributed by atoms with Gasteiger partial charge in [-0.15, -0.1) is 0 Å². The first-order chi connectivity index (χ1) is 6.72. The van der Waals surface area contributed by atoms with E-state index < -0.39 is 0 Å². The van der Waals surface area contributed by atoms with Gasteiger partial charge in [-0.2, -0.15) is 0 Å². The van der Waals surface area contributed by atoms with E-state index in [0.717, 1.165) is 17.7 Å². The number of methoxy groups -OCH3 is 1. The first-order valence-electron chi connectivity index (χ1n) is 4.41. The summed E-state index contributed by atoms with van der Waals surface area (Å²) in [6.45, 7) is 5.49. The van der Waals surface area contributed by atoms with Crippen LogP contribution in [0.15, 0.2) is 23.2 Å². The van der Waals surface area contributed by atoms with Gasteiger partial charge in [-0.3, -0.25) is 4.99 Å². The SMILES string of the molecule is C=Nc1cc(C(=O)OC)ccc1CC. The van der Waals surface area contributed by atoms with E-state index in [1.165, 1.54) is 7.11 Å². The van der Waals surface area contributed by atoms with Crippen molar-refractivity contribution in [1.29, 1.82) is 0 Å². The first-order valence-corrected chi connectivity index (χ1v) is 4.41. The highest BCUT2D eigenvalue weighted by Gasteiger charge is 2.07. The molecule has 0 amide bonds. The third-order valence-corrected chi connectivity index (χ3v) is 2.06. The Hall–Kier alpha value is -1.64. The molecule has 1 aromatic carbocycles. The predicted octanol–water partition coefficient (Wildman–Crippen LogP) is 2.37. The molecule has 0 aliphatic carbocycles. The van der Waals surface area contributed by atoms with Crippen LogP contribution in [0.3, 0.4) is 0 Å². The first kappa shape index (κ1) is 10.4. The molecule has 0 atom stereocenters. The Morgan fingerprint density at radius 2 is 2.29 bits per heavy atom. The zero-order valence-corrected chi connectivity index (χ0v) is 8.41. The van der Waals surface area contributed by atoms with Crippen molar-refractivity contribution >= 4 is 18.4 Å². The molecule has 3 nitrogen and oxygen atoms in total. The van der Waals surface area contributed by atoms with E-state index in [1.807, 2.05) is 13.0 Å². The minimum absolute atomic E-state index is 0.349. The molecule has 0 aliphatic heterocycles. The van der Waals surface area contributed by atoms with Gasteiger partial charge < -0.3 is 4.74 Å². The number of rotatable bonds is 3. The highest BCUT2D eigenvalue weighted by atomic mass is 16.5. The molecule has 74 valence electrons. The van der Waals surface area contributed by atoms with Gasteiger partial charge in [-0.1, -0.05) is 13.0 Å². The van der Waals surface area contributed by atoms with Crippen molar-refractivity contribution in [2.45, 2.75) is 13.3 Å². The van der Waals surface area contributed by atoms with Gasteiger partial charge in [0.15, 0.2) is 0 Å². The Morgan fingerprint density at radius 1 is 1.57 bits per heavy atom. The second-order valence-corrected chi connectivity index (χ2v) is 2.85. The summed E-state index contributed by atoms with van der Waals surface area (Å²) in [6.07, 6.45) is 0.871. The van der Waals surface area contributed by atoms with Crippen molar-refractivity contribution in [2.24, 2.45) is 4.99 Å². The normalized spacial score (nSPS) is 9.57. The molecule has 0 saturated heterocycles. The number of aliphatic imine (C=N–C) groups is 1. The summed E-state index contributed by atoms with van der Waals surface area (Å²) in [7, 11) is 1.36. The van der Waals surface area contributed by atoms with Gasteiger partial charge in [-0.05, 0) is 30.8 Å². The van der Waals surface area contributed by atoms with Crippen molar-refractivity contribution in [2.75, 3.05) is 7.11 Å². The highest BCUT2D eigenvalue weighted by Crippen LogP contribution is 2.21. The lowest BCUT2D eigenvalue weighted by Gasteiger charge is -2.04. The van der Waals surface area contributed by atoms with Crippen molar-refractivity contribution in [3.8, 4) is 0 Å². The molecule has 0 N–H and O–H groups in total. The highest BCUT2D eigenvalue weighted by molar-refractivity contribution is 5.90. The summed E-state index contributed by atoms with van der Waals surface area (Å²) in [5.74, 6) is -0.349. The van der Waals surface area contributed by atoms with Crippen LogP contribution in [0, 0.1) is 0 Å². The molecular formula is C11H13NO2. The van der Waals surface area contributed by atoms with Crippen LogP contribution < -0.4 is 0 Å². The van der Waals surface area contributed by atoms with Gasteiger partial charge in [-0.25, -0.2) is 4.79 Å².